The molecule has 0 unspecified atom stereocenters. The fourth-order valence-corrected chi connectivity index (χ4v) is 2.44. The standard InChI is InChI=1S/C14H24N4O4/c15-14(21)22-8-2-4-11(13(20)17-9-5-6-9)18-12(19)10-3-1-7-16-10/h9-11,16H,1-8H2,(H2,15,21)(H,17,20)(H,18,19)/t10-,11-/m0/s1. The van der Waals surface area contributed by atoms with E-state index in [9.17, 15) is 14.4 Å². The van der Waals surface area contributed by atoms with Crippen LogP contribution in [0.5, 0.6) is 0 Å². The van der Waals surface area contributed by atoms with Crippen LogP contribution in [0, 0.1) is 0 Å². The predicted molar refractivity (Wildman–Crippen MR) is 78.9 cm³/mol. The molecule has 1 saturated heterocycles. The Morgan fingerprint density at radius 3 is 2.64 bits per heavy atom. The molecule has 1 heterocycles. The van der Waals surface area contributed by atoms with Crippen LogP contribution < -0.4 is 21.7 Å². The van der Waals surface area contributed by atoms with Crippen molar-refractivity contribution in [3.8, 4) is 0 Å². The van der Waals surface area contributed by atoms with Gasteiger partial charge in [0.05, 0.1) is 12.6 Å². The summed E-state index contributed by atoms with van der Waals surface area (Å²) in [5.74, 6) is -0.322. The highest BCUT2D eigenvalue weighted by Gasteiger charge is 2.30. The highest BCUT2D eigenvalue weighted by molar-refractivity contribution is 5.90. The molecule has 5 N–H and O–H groups in total. The topological polar surface area (TPSA) is 123 Å². The molecule has 3 amide bonds. The van der Waals surface area contributed by atoms with E-state index in [4.69, 9.17) is 5.73 Å². The van der Waals surface area contributed by atoms with Gasteiger partial charge in [0, 0.05) is 6.04 Å². The maximum atomic E-state index is 12.2. The van der Waals surface area contributed by atoms with Gasteiger partial charge in [-0.15, -0.1) is 0 Å². The molecule has 2 rings (SSSR count). The van der Waals surface area contributed by atoms with Crippen LogP contribution in [0.3, 0.4) is 0 Å². The molecule has 2 aliphatic rings. The molecule has 2 fully saturated rings. The van der Waals surface area contributed by atoms with Crippen molar-refractivity contribution in [1.82, 2.24) is 16.0 Å². The molecule has 0 bridgehead atoms. The number of nitrogens with two attached hydrogens (primary N) is 1. The van der Waals surface area contributed by atoms with Gasteiger partial charge in [-0.25, -0.2) is 4.79 Å². The zero-order chi connectivity index (χ0) is 15.9. The first-order valence-corrected chi connectivity index (χ1v) is 7.82. The van der Waals surface area contributed by atoms with E-state index in [2.05, 4.69) is 20.7 Å². The SMILES string of the molecule is NC(=O)OCCC[C@H](NC(=O)[C@@H]1CCCN1)C(=O)NC1CC1. The Kier molecular flexibility index (Phi) is 6.00. The van der Waals surface area contributed by atoms with E-state index >= 15 is 0 Å². The quantitative estimate of drug-likeness (QED) is 0.445. The number of amides is 3. The van der Waals surface area contributed by atoms with Gasteiger partial charge >= 0.3 is 6.09 Å². The zero-order valence-electron chi connectivity index (χ0n) is 12.6. The fourth-order valence-electron chi connectivity index (χ4n) is 2.44. The summed E-state index contributed by atoms with van der Waals surface area (Å²) in [5.41, 5.74) is 4.89. The number of hydrogen-bond donors (Lipinski definition) is 4. The molecule has 22 heavy (non-hydrogen) atoms. The van der Waals surface area contributed by atoms with Gasteiger partial charge in [-0.05, 0) is 45.1 Å². The van der Waals surface area contributed by atoms with Crippen molar-refractivity contribution in [3.63, 3.8) is 0 Å². The van der Waals surface area contributed by atoms with Crippen LogP contribution in [0.15, 0.2) is 0 Å². The first-order chi connectivity index (χ1) is 10.6. The van der Waals surface area contributed by atoms with Crippen molar-refractivity contribution in [3.05, 3.63) is 0 Å². The van der Waals surface area contributed by atoms with E-state index in [1.807, 2.05) is 0 Å². The Bertz CT molecular complexity index is 419. The molecule has 8 nitrogen and oxygen atoms in total. The van der Waals surface area contributed by atoms with Gasteiger partial charge in [-0.2, -0.15) is 0 Å². The van der Waals surface area contributed by atoms with Crippen molar-refractivity contribution >= 4 is 17.9 Å². The van der Waals surface area contributed by atoms with E-state index in [0.29, 0.717) is 12.8 Å². The third-order valence-corrected chi connectivity index (χ3v) is 3.81. The maximum absolute atomic E-state index is 12.2. The van der Waals surface area contributed by atoms with Gasteiger partial charge in [-0.1, -0.05) is 0 Å². The summed E-state index contributed by atoms with van der Waals surface area (Å²) in [5, 5.41) is 8.79. The second-order valence-corrected chi connectivity index (χ2v) is 5.80. The average Bonchev–Trinajstić information content (AvgIpc) is 3.11. The number of carbonyl (C=O) groups excluding carboxylic acids is 3. The molecule has 1 aliphatic carbocycles. The van der Waals surface area contributed by atoms with Crippen molar-refractivity contribution in [2.75, 3.05) is 13.2 Å². The lowest BCUT2D eigenvalue weighted by Gasteiger charge is -2.20. The maximum Gasteiger partial charge on any atom is 0.404 e. The van der Waals surface area contributed by atoms with E-state index in [1.165, 1.54) is 0 Å². The molecule has 0 radical (unpaired) electrons. The first kappa shape index (κ1) is 16.5. The molecule has 124 valence electrons. The minimum absolute atomic E-state index is 0.139. The molecule has 2 atom stereocenters. The van der Waals surface area contributed by atoms with Crippen LogP contribution in [0.25, 0.3) is 0 Å². The second-order valence-electron chi connectivity index (χ2n) is 5.80. The van der Waals surface area contributed by atoms with Crippen LogP contribution >= 0.6 is 0 Å². The normalized spacial score (nSPS) is 21.9. The Hall–Kier alpha value is -1.83. The van der Waals surface area contributed by atoms with E-state index < -0.39 is 12.1 Å². The number of ether oxygens (including phenoxy) is 1. The van der Waals surface area contributed by atoms with Crippen LogP contribution in [0.4, 0.5) is 4.79 Å². The zero-order valence-corrected chi connectivity index (χ0v) is 12.6. The Balaban J connectivity index is 1.80. The highest BCUT2D eigenvalue weighted by Crippen LogP contribution is 2.19. The highest BCUT2D eigenvalue weighted by atomic mass is 16.5. The molecule has 1 aliphatic heterocycles. The smallest absolute Gasteiger partial charge is 0.404 e. The first-order valence-electron chi connectivity index (χ1n) is 7.82. The number of carbonyl (C=O) groups is 3. The fraction of sp³-hybridized carbons (Fsp3) is 0.786. The summed E-state index contributed by atoms with van der Waals surface area (Å²) < 4.78 is 4.65. The summed E-state index contributed by atoms with van der Waals surface area (Å²) in [4.78, 5) is 34.9. The molecule has 0 aromatic heterocycles. The van der Waals surface area contributed by atoms with Gasteiger partial charge in [0.2, 0.25) is 11.8 Å². The minimum Gasteiger partial charge on any atom is -0.450 e. The molecular formula is C14H24N4O4. The number of rotatable bonds is 8. The Morgan fingerprint density at radius 2 is 2.05 bits per heavy atom. The Labute approximate surface area is 129 Å². The van der Waals surface area contributed by atoms with E-state index in [1.54, 1.807) is 0 Å². The van der Waals surface area contributed by atoms with Gasteiger partial charge < -0.3 is 26.4 Å². The summed E-state index contributed by atoms with van der Waals surface area (Å²) in [6.45, 7) is 0.962. The molecule has 0 aromatic rings. The minimum atomic E-state index is -0.835. The monoisotopic (exact) mass is 312 g/mol. The Morgan fingerprint density at radius 1 is 1.27 bits per heavy atom. The van der Waals surface area contributed by atoms with Crippen molar-refractivity contribution in [1.29, 1.82) is 0 Å². The lowest BCUT2D eigenvalue weighted by Crippen LogP contribution is -2.51. The van der Waals surface area contributed by atoms with Crippen molar-refractivity contribution in [2.24, 2.45) is 5.73 Å². The van der Waals surface area contributed by atoms with Gasteiger partial charge in [0.15, 0.2) is 0 Å². The number of hydrogen-bond acceptors (Lipinski definition) is 5. The van der Waals surface area contributed by atoms with Gasteiger partial charge in [-0.3, -0.25) is 9.59 Å². The van der Waals surface area contributed by atoms with Crippen LogP contribution in [0.1, 0.15) is 38.5 Å². The number of primary amides is 1. The summed E-state index contributed by atoms with van der Waals surface area (Å²) in [7, 11) is 0. The predicted octanol–water partition coefficient (Wildman–Crippen LogP) is -0.623. The molecule has 8 heteroatoms. The van der Waals surface area contributed by atoms with Gasteiger partial charge in [0.25, 0.3) is 0 Å². The van der Waals surface area contributed by atoms with Crippen molar-refractivity contribution in [2.45, 2.75) is 56.7 Å². The molecule has 0 spiro atoms. The largest absolute Gasteiger partial charge is 0.450 e. The van der Waals surface area contributed by atoms with Crippen LogP contribution in [0.2, 0.25) is 0 Å². The van der Waals surface area contributed by atoms with E-state index in [0.717, 1.165) is 32.2 Å². The lowest BCUT2D eigenvalue weighted by atomic mass is 10.1. The van der Waals surface area contributed by atoms with Crippen LogP contribution in [-0.2, 0) is 14.3 Å². The lowest BCUT2D eigenvalue weighted by molar-refractivity contribution is -0.130. The average molecular weight is 312 g/mol. The summed E-state index contributed by atoms with van der Waals surface area (Å²) >= 11 is 0. The third-order valence-electron chi connectivity index (χ3n) is 3.81. The molecule has 1 saturated carbocycles. The summed E-state index contributed by atoms with van der Waals surface area (Å²) in [6, 6.07) is -0.594. The molecular weight excluding hydrogens is 288 g/mol. The van der Waals surface area contributed by atoms with Crippen LogP contribution in [-0.4, -0.2) is 49.2 Å². The van der Waals surface area contributed by atoms with Crippen molar-refractivity contribution < 1.29 is 19.1 Å². The van der Waals surface area contributed by atoms with Gasteiger partial charge in [0.1, 0.15) is 6.04 Å². The summed E-state index contributed by atoms with van der Waals surface area (Å²) in [6.07, 6.45) is 3.76. The third kappa shape index (κ3) is 5.51. The second kappa shape index (κ2) is 7.98. The van der Waals surface area contributed by atoms with E-state index in [-0.39, 0.29) is 30.5 Å². The number of nitrogens with one attached hydrogen (secondary N) is 3. The molecule has 0 aromatic carbocycles.